The number of benzene rings is 1. The Morgan fingerprint density at radius 3 is 2.29 bits per heavy atom. The van der Waals surface area contributed by atoms with Crippen LogP contribution in [0.4, 0.5) is 13.2 Å². The highest BCUT2D eigenvalue weighted by molar-refractivity contribution is 6.07. The van der Waals surface area contributed by atoms with Crippen LogP contribution in [0.2, 0.25) is 0 Å². The molecule has 0 aliphatic heterocycles. The molecule has 1 aromatic rings. The molecule has 1 aliphatic carbocycles. The lowest BCUT2D eigenvalue weighted by molar-refractivity contribution is -0.167. The van der Waals surface area contributed by atoms with Gasteiger partial charge in [0.05, 0.1) is 0 Å². The third-order valence-electron chi connectivity index (χ3n) is 3.11. The van der Waals surface area contributed by atoms with Crippen molar-refractivity contribution < 1.29 is 18.0 Å². The van der Waals surface area contributed by atoms with Crippen molar-refractivity contribution in [3.05, 3.63) is 41.0 Å². The number of rotatable bonds is 1. The van der Waals surface area contributed by atoms with E-state index in [9.17, 15) is 18.0 Å². The number of fused-ring (bicyclic) bond motifs is 1. The summed E-state index contributed by atoms with van der Waals surface area (Å²) in [5.74, 6) is -1.75. The van der Waals surface area contributed by atoms with Crippen molar-refractivity contribution in [3.63, 3.8) is 0 Å². The van der Waals surface area contributed by atoms with Crippen molar-refractivity contribution in [2.45, 2.75) is 25.4 Å². The molecule has 0 radical (unpaired) electrons. The van der Waals surface area contributed by atoms with Gasteiger partial charge >= 0.3 is 6.18 Å². The minimum absolute atomic E-state index is 0.189. The number of allylic oxidation sites excluding steroid dienone is 1. The lowest BCUT2D eigenvalue weighted by Gasteiger charge is -2.24. The second kappa shape index (κ2) is 3.45. The Morgan fingerprint density at radius 1 is 1.18 bits per heavy atom. The molecular weight excluding hydrogens is 229 g/mol. The highest BCUT2D eigenvalue weighted by Gasteiger charge is 2.47. The van der Waals surface area contributed by atoms with Crippen LogP contribution in [0.25, 0.3) is 6.08 Å². The fourth-order valence-electron chi connectivity index (χ4n) is 2.18. The topological polar surface area (TPSA) is 17.1 Å². The summed E-state index contributed by atoms with van der Waals surface area (Å²) in [5.41, 5.74) is 0.368. The molecule has 90 valence electrons. The molecule has 0 bridgehead atoms. The van der Waals surface area contributed by atoms with Crippen LogP contribution in [0.3, 0.4) is 0 Å². The number of carbonyl (C=O) groups excluding carboxylic acids is 1. The number of carbonyl (C=O) groups is 1. The van der Waals surface area contributed by atoms with Crippen LogP contribution in [0.1, 0.15) is 25.0 Å². The van der Waals surface area contributed by atoms with Crippen molar-refractivity contribution in [3.8, 4) is 0 Å². The van der Waals surface area contributed by atoms with Crippen molar-refractivity contribution in [1.29, 1.82) is 0 Å². The second-order valence-electron chi connectivity index (χ2n) is 4.60. The molecule has 1 nitrogen and oxygen atoms in total. The molecule has 4 heteroatoms. The summed E-state index contributed by atoms with van der Waals surface area (Å²) in [4.78, 5) is 11.4. The van der Waals surface area contributed by atoms with E-state index in [1.807, 2.05) is 0 Å². The van der Waals surface area contributed by atoms with Gasteiger partial charge in [-0.1, -0.05) is 38.1 Å². The molecule has 0 N–H and O–H groups in total. The summed E-state index contributed by atoms with van der Waals surface area (Å²) >= 11 is 0. The minimum Gasteiger partial charge on any atom is -0.284 e. The largest absolute Gasteiger partial charge is 0.454 e. The lowest BCUT2D eigenvalue weighted by Crippen LogP contribution is -2.32. The lowest BCUT2D eigenvalue weighted by atomic mass is 9.79. The SMILES string of the molecule is CC1(C)C(C(=O)C(F)(F)F)=Cc2ccccc21. The van der Waals surface area contributed by atoms with Gasteiger partial charge in [0.25, 0.3) is 5.78 Å². The van der Waals surface area contributed by atoms with Crippen molar-refractivity contribution >= 4 is 11.9 Å². The van der Waals surface area contributed by atoms with Crippen LogP contribution in [-0.4, -0.2) is 12.0 Å². The Kier molecular flexibility index (Phi) is 2.42. The molecule has 0 aromatic heterocycles. The van der Waals surface area contributed by atoms with Gasteiger partial charge in [0.2, 0.25) is 0 Å². The predicted molar refractivity (Wildman–Crippen MR) is 58.5 cm³/mol. The van der Waals surface area contributed by atoms with Gasteiger partial charge in [-0.15, -0.1) is 0 Å². The van der Waals surface area contributed by atoms with Crippen molar-refractivity contribution in [2.24, 2.45) is 0 Å². The molecule has 0 saturated carbocycles. The summed E-state index contributed by atoms with van der Waals surface area (Å²) in [6.07, 6.45) is -3.48. The first-order valence-corrected chi connectivity index (χ1v) is 5.18. The van der Waals surface area contributed by atoms with Crippen molar-refractivity contribution in [2.75, 3.05) is 0 Å². The van der Waals surface area contributed by atoms with Gasteiger partial charge in [-0.3, -0.25) is 4.79 Å². The van der Waals surface area contributed by atoms with Gasteiger partial charge in [-0.25, -0.2) is 0 Å². The van der Waals surface area contributed by atoms with Gasteiger partial charge in [0, 0.05) is 11.0 Å². The number of halogens is 3. The first-order chi connectivity index (χ1) is 7.74. The predicted octanol–water partition coefficient (Wildman–Crippen LogP) is 3.49. The fourth-order valence-corrected chi connectivity index (χ4v) is 2.18. The summed E-state index contributed by atoms with van der Waals surface area (Å²) in [7, 11) is 0. The normalized spacial score (nSPS) is 17.6. The Balaban J connectivity index is 2.52. The standard InChI is InChI=1S/C13H11F3O/c1-12(2)9-6-4-3-5-8(9)7-10(12)11(17)13(14,15)16/h3-7H,1-2H3. The van der Waals surface area contributed by atoms with E-state index >= 15 is 0 Å². The smallest absolute Gasteiger partial charge is 0.284 e. The van der Waals surface area contributed by atoms with Gasteiger partial charge in [-0.2, -0.15) is 13.2 Å². The van der Waals surface area contributed by atoms with Gasteiger partial charge < -0.3 is 0 Å². The zero-order valence-corrected chi connectivity index (χ0v) is 9.43. The van der Waals surface area contributed by atoms with E-state index in [2.05, 4.69) is 0 Å². The molecule has 1 aliphatic rings. The molecule has 2 rings (SSSR count). The van der Waals surface area contributed by atoms with Gasteiger partial charge in [0.15, 0.2) is 0 Å². The van der Waals surface area contributed by atoms with E-state index < -0.39 is 17.4 Å². The molecule has 0 unspecified atom stereocenters. The molecule has 0 fully saturated rings. The molecule has 17 heavy (non-hydrogen) atoms. The zero-order valence-electron chi connectivity index (χ0n) is 9.43. The van der Waals surface area contributed by atoms with Crippen LogP contribution < -0.4 is 0 Å². The summed E-state index contributed by atoms with van der Waals surface area (Å²) < 4.78 is 37.4. The Hall–Kier alpha value is -1.58. The van der Waals surface area contributed by atoms with E-state index in [1.165, 1.54) is 6.08 Å². The van der Waals surface area contributed by atoms with Crippen LogP contribution in [0, 0.1) is 0 Å². The Bertz CT molecular complexity index is 510. The average Bonchev–Trinajstić information content (AvgIpc) is 2.49. The van der Waals surface area contributed by atoms with E-state index in [1.54, 1.807) is 38.1 Å². The van der Waals surface area contributed by atoms with Crippen LogP contribution in [-0.2, 0) is 10.2 Å². The number of ketones is 1. The Morgan fingerprint density at radius 2 is 1.76 bits per heavy atom. The molecule has 0 spiro atoms. The maximum atomic E-state index is 12.5. The van der Waals surface area contributed by atoms with E-state index in [-0.39, 0.29) is 5.57 Å². The van der Waals surface area contributed by atoms with Crippen LogP contribution >= 0.6 is 0 Å². The molecule has 1 aromatic carbocycles. The average molecular weight is 240 g/mol. The maximum Gasteiger partial charge on any atom is 0.454 e. The molecule has 0 amide bonds. The molecular formula is C13H11F3O. The monoisotopic (exact) mass is 240 g/mol. The van der Waals surface area contributed by atoms with E-state index in [0.29, 0.717) is 5.56 Å². The Labute approximate surface area is 96.9 Å². The summed E-state index contributed by atoms with van der Waals surface area (Å²) in [6.45, 7) is 3.27. The highest BCUT2D eigenvalue weighted by atomic mass is 19.4. The third-order valence-corrected chi connectivity index (χ3v) is 3.11. The van der Waals surface area contributed by atoms with Crippen LogP contribution in [0.5, 0.6) is 0 Å². The first kappa shape index (κ1) is 11.9. The summed E-state index contributed by atoms with van der Waals surface area (Å²) in [5, 5.41) is 0. The van der Waals surface area contributed by atoms with Crippen molar-refractivity contribution in [1.82, 2.24) is 0 Å². The van der Waals surface area contributed by atoms with Gasteiger partial charge in [0.1, 0.15) is 0 Å². The highest BCUT2D eigenvalue weighted by Crippen LogP contribution is 2.43. The summed E-state index contributed by atoms with van der Waals surface area (Å²) in [6, 6.07) is 6.97. The molecule has 0 saturated heterocycles. The maximum absolute atomic E-state index is 12.5. The minimum atomic E-state index is -4.81. The number of Topliss-reactive ketones (excluding diaryl/α,β-unsaturated/α-hetero) is 1. The quantitative estimate of drug-likeness (QED) is 0.734. The fraction of sp³-hybridized carbons (Fsp3) is 0.308. The second-order valence-corrected chi connectivity index (χ2v) is 4.60. The number of alkyl halides is 3. The molecule has 0 heterocycles. The van der Waals surface area contributed by atoms with Crippen LogP contribution in [0.15, 0.2) is 29.8 Å². The third kappa shape index (κ3) is 1.77. The number of hydrogen-bond acceptors (Lipinski definition) is 1. The van der Waals surface area contributed by atoms with E-state index in [4.69, 9.17) is 0 Å². The molecule has 0 atom stereocenters. The van der Waals surface area contributed by atoms with Gasteiger partial charge in [-0.05, 0) is 17.2 Å². The number of hydrogen-bond donors (Lipinski definition) is 0. The zero-order chi connectivity index (χ0) is 12.8. The van der Waals surface area contributed by atoms with E-state index in [0.717, 1.165) is 5.56 Å². The first-order valence-electron chi connectivity index (χ1n) is 5.18.